The van der Waals surface area contributed by atoms with Gasteiger partial charge in [0.2, 0.25) is 0 Å². The predicted molar refractivity (Wildman–Crippen MR) is 105 cm³/mol. The Morgan fingerprint density at radius 2 is 1.86 bits per heavy atom. The minimum absolute atomic E-state index is 0.156. The van der Waals surface area contributed by atoms with Crippen LogP contribution in [-0.2, 0) is 4.74 Å². The Morgan fingerprint density at radius 1 is 1.07 bits per heavy atom. The largest absolute Gasteiger partial charge is 0.370 e. The average molecular weight is 377 g/mol. The molecule has 142 valence electrons. The molecule has 0 bridgehead atoms. The van der Waals surface area contributed by atoms with Crippen LogP contribution in [0.25, 0.3) is 0 Å². The maximum atomic E-state index is 14.0. The minimum atomic E-state index is -0.401. The number of rotatable bonds is 4. The summed E-state index contributed by atoms with van der Waals surface area (Å²) < 4.78 is 19.8. The summed E-state index contributed by atoms with van der Waals surface area (Å²) in [6.45, 7) is 1.41. The normalized spacial score (nSPS) is 16.6. The molecule has 1 amide bonds. The van der Waals surface area contributed by atoms with Crippen LogP contribution in [0, 0.1) is 5.82 Å². The first-order valence-corrected chi connectivity index (χ1v) is 9.15. The predicted octanol–water partition coefficient (Wildman–Crippen LogP) is 4.18. The Bertz CT molecular complexity index is 965. The number of para-hydroxylation sites is 1. The maximum absolute atomic E-state index is 14.0. The second-order valence-electron chi connectivity index (χ2n) is 6.53. The zero-order chi connectivity index (χ0) is 19.3. The number of benzene rings is 2. The molecule has 0 spiro atoms. The van der Waals surface area contributed by atoms with E-state index in [0.29, 0.717) is 31.1 Å². The van der Waals surface area contributed by atoms with E-state index in [0.717, 1.165) is 5.56 Å². The van der Waals surface area contributed by atoms with Crippen LogP contribution >= 0.6 is 0 Å². The molecule has 28 heavy (non-hydrogen) atoms. The fraction of sp³-hybridized carbons (Fsp3) is 0.182. The zero-order valence-electron chi connectivity index (χ0n) is 15.2. The van der Waals surface area contributed by atoms with Crippen molar-refractivity contribution in [3.63, 3.8) is 0 Å². The standard InChI is InChI=1S/C22H20FN3O2/c23-18-10-4-5-11-19(18)25-21-17(9-6-12-24-21)22(27)26-13-14-28-20(15-26)16-7-2-1-3-8-16/h1-12,20H,13-15H2,(H,24,25). The molecule has 1 N–H and O–H groups in total. The topological polar surface area (TPSA) is 54.5 Å². The Morgan fingerprint density at radius 3 is 2.68 bits per heavy atom. The molecule has 2 aromatic carbocycles. The Labute approximate surface area is 162 Å². The van der Waals surface area contributed by atoms with Crippen LogP contribution < -0.4 is 5.32 Å². The van der Waals surface area contributed by atoms with Crippen molar-refractivity contribution in [3.05, 3.63) is 89.9 Å². The van der Waals surface area contributed by atoms with Crippen LogP contribution in [0.1, 0.15) is 22.0 Å². The van der Waals surface area contributed by atoms with E-state index in [1.54, 1.807) is 41.4 Å². The first-order chi connectivity index (χ1) is 13.7. The van der Waals surface area contributed by atoms with Gasteiger partial charge in [0.05, 0.1) is 24.4 Å². The number of nitrogens with one attached hydrogen (secondary N) is 1. The van der Waals surface area contributed by atoms with Gasteiger partial charge >= 0.3 is 0 Å². The molecular weight excluding hydrogens is 357 g/mol. The Balaban J connectivity index is 1.56. The molecule has 1 aliphatic rings. The smallest absolute Gasteiger partial charge is 0.257 e. The van der Waals surface area contributed by atoms with Gasteiger partial charge in [0.15, 0.2) is 0 Å². The van der Waals surface area contributed by atoms with Crippen molar-refractivity contribution in [2.45, 2.75) is 6.10 Å². The minimum Gasteiger partial charge on any atom is -0.370 e. The van der Waals surface area contributed by atoms with Gasteiger partial charge in [0.25, 0.3) is 5.91 Å². The molecule has 0 radical (unpaired) electrons. The van der Waals surface area contributed by atoms with E-state index in [4.69, 9.17) is 4.74 Å². The van der Waals surface area contributed by atoms with Crippen molar-refractivity contribution in [1.29, 1.82) is 0 Å². The summed E-state index contributed by atoms with van der Waals surface area (Å²) in [5, 5.41) is 2.94. The summed E-state index contributed by atoms with van der Waals surface area (Å²) in [4.78, 5) is 19.2. The van der Waals surface area contributed by atoms with Crippen molar-refractivity contribution >= 4 is 17.4 Å². The number of nitrogens with zero attached hydrogens (tertiary/aromatic N) is 2. The molecule has 1 atom stereocenters. The number of halogens is 1. The molecule has 1 fully saturated rings. The lowest BCUT2D eigenvalue weighted by molar-refractivity contribution is -0.0228. The lowest BCUT2D eigenvalue weighted by Gasteiger charge is -2.33. The lowest BCUT2D eigenvalue weighted by atomic mass is 10.1. The van der Waals surface area contributed by atoms with Crippen LogP contribution in [0.4, 0.5) is 15.9 Å². The molecule has 3 aromatic rings. The highest BCUT2D eigenvalue weighted by Crippen LogP contribution is 2.26. The fourth-order valence-corrected chi connectivity index (χ4v) is 3.24. The van der Waals surface area contributed by atoms with Crippen LogP contribution in [0.2, 0.25) is 0 Å². The number of ether oxygens (including phenoxy) is 1. The van der Waals surface area contributed by atoms with Gasteiger partial charge in [-0.1, -0.05) is 42.5 Å². The van der Waals surface area contributed by atoms with E-state index in [9.17, 15) is 9.18 Å². The molecule has 2 heterocycles. The number of aromatic nitrogens is 1. The molecule has 0 saturated carbocycles. The van der Waals surface area contributed by atoms with E-state index in [2.05, 4.69) is 10.3 Å². The highest BCUT2D eigenvalue weighted by molar-refractivity contribution is 5.99. The third-order valence-electron chi connectivity index (χ3n) is 4.69. The van der Waals surface area contributed by atoms with Gasteiger partial charge in [-0.05, 0) is 29.8 Å². The summed E-state index contributed by atoms with van der Waals surface area (Å²) in [6, 6.07) is 19.6. The summed E-state index contributed by atoms with van der Waals surface area (Å²) in [6.07, 6.45) is 1.41. The third-order valence-corrected chi connectivity index (χ3v) is 4.69. The molecule has 5 nitrogen and oxygen atoms in total. The van der Waals surface area contributed by atoms with Gasteiger partial charge in [-0.15, -0.1) is 0 Å². The van der Waals surface area contributed by atoms with Crippen molar-refractivity contribution in [2.24, 2.45) is 0 Å². The van der Waals surface area contributed by atoms with Crippen LogP contribution in [0.3, 0.4) is 0 Å². The second-order valence-corrected chi connectivity index (χ2v) is 6.53. The summed E-state index contributed by atoms with van der Waals surface area (Å²) in [7, 11) is 0. The van der Waals surface area contributed by atoms with E-state index >= 15 is 0 Å². The number of carbonyl (C=O) groups is 1. The van der Waals surface area contributed by atoms with Crippen molar-refractivity contribution < 1.29 is 13.9 Å². The van der Waals surface area contributed by atoms with Crippen LogP contribution in [-0.4, -0.2) is 35.5 Å². The van der Waals surface area contributed by atoms with Gasteiger partial charge in [-0.2, -0.15) is 0 Å². The van der Waals surface area contributed by atoms with Gasteiger partial charge < -0.3 is 15.0 Å². The summed E-state index contributed by atoms with van der Waals surface area (Å²) in [5.74, 6) is -0.224. The average Bonchev–Trinajstić information content (AvgIpc) is 2.76. The number of hydrogen-bond donors (Lipinski definition) is 1. The quantitative estimate of drug-likeness (QED) is 0.741. The molecule has 1 aromatic heterocycles. The van der Waals surface area contributed by atoms with Crippen LogP contribution in [0.5, 0.6) is 0 Å². The highest BCUT2D eigenvalue weighted by Gasteiger charge is 2.27. The van der Waals surface area contributed by atoms with Gasteiger partial charge in [0, 0.05) is 12.7 Å². The van der Waals surface area contributed by atoms with E-state index in [1.165, 1.54) is 6.07 Å². The number of hydrogen-bond acceptors (Lipinski definition) is 4. The zero-order valence-corrected chi connectivity index (χ0v) is 15.2. The monoisotopic (exact) mass is 377 g/mol. The molecule has 1 aliphatic heterocycles. The Hall–Kier alpha value is -3.25. The number of pyridine rings is 1. The van der Waals surface area contributed by atoms with E-state index in [-0.39, 0.29) is 17.7 Å². The van der Waals surface area contributed by atoms with E-state index in [1.807, 2.05) is 30.3 Å². The number of anilines is 2. The molecule has 1 unspecified atom stereocenters. The summed E-state index contributed by atoms with van der Waals surface area (Å²) in [5.41, 5.74) is 1.72. The lowest BCUT2D eigenvalue weighted by Crippen LogP contribution is -2.42. The molecular formula is C22H20FN3O2. The third kappa shape index (κ3) is 3.87. The first kappa shape index (κ1) is 18.1. The van der Waals surface area contributed by atoms with Crippen molar-refractivity contribution in [2.75, 3.05) is 25.0 Å². The van der Waals surface area contributed by atoms with E-state index < -0.39 is 5.82 Å². The van der Waals surface area contributed by atoms with Crippen molar-refractivity contribution in [1.82, 2.24) is 9.88 Å². The SMILES string of the molecule is O=C(c1cccnc1Nc1ccccc1F)N1CCOC(c2ccccc2)C1. The first-order valence-electron chi connectivity index (χ1n) is 9.15. The van der Waals surface area contributed by atoms with Gasteiger partial charge in [0.1, 0.15) is 17.7 Å². The fourth-order valence-electron chi connectivity index (χ4n) is 3.24. The van der Waals surface area contributed by atoms with Crippen LogP contribution in [0.15, 0.2) is 72.9 Å². The second kappa shape index (κ2) is 8.19. The highest BCUT2D eigenvalue weighted by atomic mass is 19.1. The molecule has 4 rings (SSSR count). The number of carbonyl (C=O) groups excluding carboxylic acids is 1. The van der Waals surface area contributed by atoms with Gasteiger partial charge in [-0.3, -0.25) is 4.79 Å². The molecule has 1 saturated heterocycles. The number of amides is 1. The maximum Gasteiger partial charge on any atom is 0.257 e. The van der Waals surface area contributed by atoms with Gasteiger partial charge in [-0.25, -0.2) is 9.37 Å². The van der Waals surface area contributed by atoms with Crippen molar-refractivity contribution in [3.8, 4) is 0 Å². The molecule has 6 heteroatoms. The summed E-state index contributed by atoms with van der Waals surface area (Å²) >= 11 is 0. The number of morpholine rings is 1. The molecule has 0 aliphatic carbocycles. The Kier molecular flexibility index (Phi) is 5.30.